The van der Waals surface area contributed by atoms with Gasteiger partial charge in [0.15, 0.2) is 0 Å². The third-order valence-corrected chi connectivity index (χ3v) is 3.39. The maximum absolute atomic E-state index is 11.0. The van der Waals surface area contributed by atoms with Crippen molar-refractivity contribution in [3.63, 3.8) is 0 Å². The van der Waals surface area contributed by atoms with Crippen LogP contribution in [0.3, 0.4) is 0 Å². The number of hydrogen-bond acceptors (Lipinski definition) is 4. The number of nitrogens with one attached hydrogen (secondary N) is 2. The fraction of sp³-hybridized carbons (Fsp3) is 0. The number of pyridine rings is 1. The molecule has 0 aliphatic rings. The summed E-state index contributed by atoms with van der Waals surface area (Å²) < 4.78 is 0. The maximum atomic E-state index is 11.0. The molecule has 0 fully saturated rings. The van der Waals surface area contributed by atoms with Gasteiger partial charge in [0, 0.05) is 28.1 Å². The molecule has 0 radical (unpaired) electrons. The summed E-state index contributed by atoms with van der Waals surface area (Å²) in [5.41, 5.74) is 0.528. The summed E-state index contributed by atoms with van der Waals surface area (Å²) in [5.74, 6) is -0.980. The van der Waals surface area contributed by atoms with Crippen molar-refractivity contribution in [3.05, 3.63) is 50.6 Å². The van der Waals surface area contributed by atoms with Gasteiger partial charge in [-0.15, -0.1) is 0 Å². The molecule has 0 saturated heterocycles. The van der Waals surface area contributed by atoms with Crippen molar-refractivity contribution in [1.29, 1.82) is 5.41 Å². The maximum Gasteiger partial charge on any atom is 0.338 e. The number of benzene rings is 1. The molecular formula is C13H8Cl3N3O2. The lowest BCUT2D eigenvalue weighted by Crippen LogP contribution is -2.05. The van der Waals surface area contributed by atoms with Crippen LogP contribution in [0.25, 0.3) is 0 Å². The predicted octanol–water partition coefficient (Wildman–Crippen LogP) is 4.48. The standard InChI is InChI=1S/C13H8Cl3N3O2/c14-6-1-7(15)3-8(2-6)19-12-9(4-17)11(16)10(5-18-12)13(20)21/h1-5,17H,(H,18,19)(H,20,21). The minimum atomic E-state index is -1.21. The molecule has 0 atom stereocenters. The van der Waals surface area contributed by atoms with E-state index in [1.807, 2.05) is 0 Å². The van der Waals surface area contributed by atoms with Crippen LogP contribution in [0.4, 0.5) is 11.5 Å². The minimum Gasteiger partial charge on any atom is -0.478 e. The Balaban J connectivity index is 2.47. The average Bonchev–Trinajstić information content (AvgIpc) is 2.37. The van der Waals surface area contributed by atoms with Gasteiger partial charge in [-0.2, -0.15) is 0 Å². The fourth-order valence-electron chi connectivity index (χ4n) is 1.65. The number of halogens is 3. The second-order valence-electron chi connectivity index (χ2n) is 3.98. The van der Waals surface area contributed by atoms with Gasteiger partial charge in [-0.3, -0.25) is 0 Å². The SMILES string of the molecule is N=Cc1c(Nc2cc(Cl)cc(Cl)c2)ncc(C(=O)O)c1Cl. The van der Waals surface area contributed by atoms with Crippen LogP contribution in [0.2, 0.25) is 15.1 Å². The van der Waals surface area contributed by atoms with Gasteiger partial charge in [-0.05, 0) is 18.2 Å². The molecule has 1 aromatic carbocycles. The van der Waals surface area contributed by atoms with Gasteiger partial charge in [0.2, 0.25) is 0 Å². The Bertz CT molecular complexity index is 715. The van der Waals surface area contributed by atoms with Crippen LogP contribution >= 0.6 is 34.8 Å². The second-order valence-corrected chi connectivity index (χ2v) is 5.23. The van der Waals surface area contributed by atoms with E-state index in [-0.39, 0.29) is 22.0 Å². The molecule has 1 heterocycles. The summed E-state index contributed by atoms with van der Waals surface area (Å²) in [7, 11) is 0. The molecule has 0 aliphatic carbocycles. The quantitative estimate of drug-likeness (QED) is 0.714. The molecule has 8 heteroatoms. The number of aromatic carboxylic acids is 1. The molecule has 0 spiro atoms. The molecular weight excluding hydrogens is 337 g/mol. The fourth-order valence-corrected chi connectivity index (χ4v) is 2.45. The zero-order chi connectivity index (χ0) is 15.6. The van der Waals surface area contributed by atoms with E-state index in [1.54, 1.807) is 18.2 Å². The van der Waals surface area contributed by atoms with Crippen LogP contribution in [0.5, 0.6) is 0 Å². The molecule has 0 aliphatic heterocycles. The number of hydrogen-bond donors (Lipinski definition) is 3. The van der Waals surface area contributed by atoms with E-state index in [4.69, 9.17) is 45.3 Å². The van der Waals surface area contributed by atoms with Crippen LogP contribution < -0.4 is 5.32 Å². The van der Waals surface area contributed by atoms with Gasteiger partial charge in [-0.25, -0.2) is 9.78 Å². The van der Waals surface area contributed by atoms with Crippen molar-refractivity contribution in [2.75, 3.05) is 5.32 Å². The normalized spacial score (nSPS) is 10.2. The van der Waals surface area contributed by atoms with Crippen LogP contribution in [-0.4, -0.2) is 22.3 Å². The van der Waals surface area contributed by atoms with Crippen molar-refractivity contribution in [2.45, 2.75) is 0 Å². The molecule has 2 aromatic rings. The summed E-state index contributed by atoms with van der Waals surface area (Å²) in [4.78, 5) is 15.0. The topological polar surface area (TPSA) is 86.1 Å². The Labute approximate surface area is 135 Å². The first-order valence-electron chi connectivity index (χ1n) is 5.57. The number of carboxylic acids is 1. The lowest BCUT2D eigenvalue weighted by molar-refractivity contribution is 0.0696. The zero-order valence-corrected chi connectivity index (χ0v) is 12.6. The Kier molecular flexibility index (Phi) is 4.67. The lowest BCUT2D eigenvalue weighted by atomic mass is 10.2. The van der Waals surface area contributed by atoms with Gasteiger partial charge in [0.25, 0.3) is 0 Å². The van der Waals surface area contributed by atoms with E-state index < -0.39 is 5.97 Å². The van der Waals surface area contributed by atoms with Crippen LogP contribution in [0.15, 0.2) is 24.4 Å². The molecule has 21 heavy (non-hydrogen) atoms. The van der Waals surface area contributed by atoms with Crippen LogP contribution in [0, 0.1) is 5.41 Å². The van der Waals surface area contributed by atoms with Gasteiger partial charge in [0.05, 0.1) is 16.1 Å². The van der Waals surface area contributed by atoms with Crippen molar-refractivity contribution < 1.29 is 9.90 Å². The van der Waals surface area contributed by atoms with E-state index in [0.29, 0.717) is 15.7 Å². The van der Waals surface area contributed by atoms with Gasteiger partial charge < -0.3 is 15.8 Å². The van der Waals surface area contributed by atoms with Crippen molar-refractivity contribution >= 4 is 58.5 Å². The zero-order valence-electron chi connectivity index (χ0n) is 10.3. The number of nitrogens with zero attached hydrogens (tertiary/aromatic N) is 1. The number of carbonyl (C=O) groups is 1. The van der Waals surface area contributed by atoms with Crippen molar-refractivity contribution in [2.24, 2.45) is 0 Å². The Hall–Kier alpha value is -1.82. The van der Waals surface area contributed by atoms with Gasteiger partial charge in [0.1, 0.15) is 5.82 Å². The number of aromatic nitrogens is 1. The highest BCUT2D eigenvalue weighted by molar-refractivity contribution is 6.36. The Morgan fingerprint density at radius 3 is 2.38 bits per heavy atom. The van der Waals surface area contributed by atoms with E-state index in [0.717, 1.165) is 12.4 Å². The average molecular weight is 345 g/mol. The monoisotopic (exact) mass is 343 g/mol. The number of carboxylic acid groups (broad SMARTS) is 1. The molecule has 2 rings (SSSR count). The van der Waals surface area contributed by atoms with Crippen molar-refractivity contribution in [1.82, 2.24) is 4.98 Å². The smallest absolute Gasteiger partial charge is 0.338 e. The molecule has 1 aromatic heterocycles. The second kappa shape index (κ2) is 6.30. The molecule has 0 unspecified atom stereocenters. The largest absolute Gasteiger partial charge is 0.478 e. The Morgan fingerprint density at radius 2 is 1.86 bits per heavy atom. The third-order valence-electron chi connectivity index (χ3n) is 2.55. The highest BCUT2D eigenvalue weighted by Crippen LogP contribution is 2.29. The molecule has 0 saturated carbocycles. The van der Waals surface area contributed by atoms with E-state index in [2.05, 4.69) is 10.3 Å². The minimum absolute atomic E-state index is 0.0666. The predicted molar refractivity (Wildman–Crippen MR) is 83.8 cm³/mol. The van der Waals surface area contributed by atoms with E-state index in [1.165, 1.54) is 0 Å². The lowest BCUT2D eigenvalue weighted by Gasteiger charge is -2.11. The van der Waals surface area contributed by atoms with Crippen LogP contribution in [-0.2, 0) is 0 Å². The van der Waals surface area contributed by atoms with Crippen LogP contribution in [0.1, 0.15) is 15.9 Å². The number of rotatable bonds is 4. The highest BCUT2D eigenvalue weighted by atomic mass is 35.5. The Morgan fingerprint density at radius 1 is 1.24 bits per heavy atom. The van der Waals surface area contributed by atoms with E-state index >= 15 is 0 Å². The molecule has 108 valence electrons. The highest BCUT2D eigenvalue weighted by Gasteiger charge is 2.16. The summed E-state index contributed by atoms with van der Waals surface area (Å²) in [6.45, 7) is 0. The first-order valence-corrected chi connectivity index (χ1v) is 6.71. The summed E-state index contributed by atoms with van der Waals surface area (Å²) in [5, 5.41) is 20.1. The van der Waals surface area contributed by atoms with Gasteiger partial charge in [-0.1, -0.05) is 34.8 Å². The summed E-state index contributed by atoms with van der Waals surface area (Å²) in [6.07, 6.45) is 2.04. The molecule has 3 N–H and O–H groups in total. The number of anilines is 2. The molecule has 0 bridgehead atoms. The summed E-state index contributed by atoms with van der Waals surface area (Å²) in [6, 6.07) is 4.80. The van der Waals surface area contributed by atoms with Crippen molar-refractivity contribution in [3.8, 4) is 0 Å². The van der Waals surface area contributed by atoms with E-state index in [9.17, 15) is 4.79 Å². The first-order chi connectivity index (χ1) is 9.92. The third kappa shape index (κ3) is 3.44. The molecule has 5 nitrogen and oxygen atoms in total. The summed E-state index contributed by atoms with van der Waals surface area (Å²) >= 11 is 17.8. The van der Waals surface area contributed by atoms with Gasteiger partial charge >= 0.3 is 5.97 Å². The molecule has 0 amide bonds. The first kappa shape index (κ1) is 15.6.